The molecule has 2 aromatic carbocycles. The van der Waals surface area contributed by atoms with Crippen molar-refractivity contribution in [1.29, 1.82) is 0 Å². The van der Waals surface area contributed by atoms with Gasteiger partial charge in [0.05, 0.1) is 15.5 Å². The zero-order chi connectivity index (χ0) is 18.2. The smallest absolute Gasteiger partial charge is 0.288 e. The van der Waals surface area contributed by atoms with Crippen LogP contribution in [0.1, 0.15) is 25.7 Å². The molecule has 6 heteroatoms. The van der Waals surface area contributed by atoms with Gasteiger partial charge in [0.25, 0.3) is 0 Å². The van der Waals surface area contributed by atoms with Crippen LogP contribution in [0.25, 0.3) is 11.1 Å². The summed E-state index contributed by atoms with van der Waals surface area (Å²) in [6, 6.07) is 13.3. The Kier molecular flexibility index (Phi) is 4.71. The number of ketones is 1. The molecule has 128 valence electrons. The van der Waals surface area contributed by atoms with Crippen molar-refractivity contribution in [3.63, 3.8) is 0 Å². The monoisotopic (exact) mass is 380 g/mol. The minimum Gasteiger partial charge on any atom is -0.288 e. The van der Waals surface area contributed by atoms with E-state index in [0.29, 0.717) is 26.6 Å². The van der Waals surface area contributed by atoms with Crippen LogP contribution in [-0.2, 0) is 6.18 Å². The van der Waals surface area contributed by atoms with Gasteiger partial charge in [-0.3, -0.25) is 4.79 Å². The van der Waals surface area contributed by atoms with Crippen molar-refractivity contribution in [3.05, 3.63) is 80.5 Å². The fourth-order valence-electron chi connectivity index (χ4n) is 2.53. The number of hydrogen-bond donors (Lipinski definition) is 0. The quantitative estimate of drug-likeness (QED) is 0.466. The van der Waals surface area contributed by atoms with E-state index in [1.165, 1.54) is 17.4 Å². The summed E-state index contributed by atoms with van der Waals surface area (Å²) in [5, 5.41) is 0.313. The van der Waals surface area contributed by atoms with Gasteiger partial charge >= 0.3 is 6.18 Å². The zero-order valence-corrected chi connectivity index (χ0v) is 14.6. The fourth-order valence-corrected chi connectivity index (χ4v) is 3.74. The molecule has 0 amide bonds. The summed E-state index contributed by atoms with van der Waals surface area (Å²) in [6.07, 6.45) is -4.44. The molecule has 0 spiro atoms. The summed E-state index contributed by atoms with van der Waals surface area (Å²) in [6.45, 7) is 1.81. The average molecular weight is 381 g/mol. The van der Waals surface area contributed by atoms with Crippen LogP contribution in [0.4, 0.5) is 13.2 Å². The first-order valence-electron chi connectivity index (χ1n) is 7.34. The molecule has 0 saturated carbocycles. The number of benzene rings is 2. The Morgan fingerprint density at radius 1 is 1.04 bits per heavy atom. The van der Waals surface area contributed by atoms with Gasteiger partial charge in [0.1, 0.15) is 0 Å². The molecule has 0 bridgehead atoms. The molecule has 0 atom stereocenters. The number of carbonyl (C=O) groups is 1. The minimum atomic E-state index is -4.44. The van der Waals surface area contributed by atoms with Crippen LogP contribution in [0.5, 0.6) is 0 Å². The maximum absolute atomic E-state index is 13.0. The lowest BCUT2D eigenvalue weighted by Gasteiger charge is -2.09. The Morgan fingerprint density at radius 3 is 2.44 bits per heavy atom. The minimum absolute atomic E-state index is 0.295. The molecule has 0 N–H and O–H groups in total. The Bertz CT molecular complexity index is 944. The molecule has 25 heavy (non-hydrogen) atoms. The highest BCUT2D eigenvalue weighted by molar-refractivity contribution is 7.14. The molecule has 0 aliphatic rings. The van der Waals surface area contributed by atoms with Crippen LogP contribution in [0.15, 0.2) is 54.6 Å². The van der Waals surface area contributed by atoms with Gasteiger partial charge in [-0.15, -0.1) is 11.3 Å². The topological polar surface area (TPSA) is 17.1 Å². The van der Waals surface area contributed by atoms with Gasteiger partial charge in [-0.1, -0.05) is 35.9 Å². The number of carbonyl (C=O) groups excluding carboxylic acids is 1. The third-order valence-corrected chi connectivity index (χ3v) is 5.06. The maximum atomic E-state index is 13.0. The van der Waals surface area contributed by atoms with Crippen LogP contribution >= 0.6 is 22.9 Å². The van der Waals surface area contributed by atoms with E-state index in [-0.39, 0.29) is 5.78 Å². The van der Waals surface area contributed by atoms with E-state index >= 15 is 0 Å². The Morgan fingerprint density at radius 2 is 1.76 bits per heavy atom. The lowest BCUT2D eigenvalue weighted by molar-refractivity contribution is -0.137. The highest BCUT2D eigenvalue weighted by Crippen LogP contribution is 2.37. The molecule has 0 unspecified atom stereocenters. The van der Waals surface area contributed by atoms with Crippen molar-refractivity contribution in [2.24, 2.45) is 0 Å². The standard InChI is InChI=1S/C19H12ClF3OS/c1-11-9-15(12-5-4-6-13(10-12)19(21,22)23)18(25-11)17(24)14-7-2-3-8-16(14)20/h2-10H,1H3. The molecule has 1 aromatic heterocycles. The average Bonchev–Trinajstić information content (AvgIpc) is 2.96. The highest BCUT2D eigenvalue weighted by Gasteiger charge is 2.31. The number of hydrogen-bond acceptors (Lipinski definition) is 2. The number of thiophene rings is 1. The number of aryl methyl sites for hydroxylation is 1. The van der Waals surface area contributed by atoms with Crippen molar-refractivity contribution in [2.45, 2.75) is 13.1 Å². The van der Waals surface area contributed by atoms with Gasteiger partial charge in [-0.05, 0) is 42.8 Å². The van der Waals surface area contributed by atoms with Crippen LogP contribution in [0.3, 0.4) is 0 Å². The lowest BCUT2D eigenvalue weighted by Crippen LogP contribution is -2.05. The summed E-state index contributed by atoms with van der Waals surface area (Å²) in [4.78, 5) is 14.1. The van der Waals surface area contributed by atoms with Crippen molar-refractivity contribution in [3.8, 4) is 11.1 Å². The van der Waals surface area contributed by atoms with Crippen molar-refractivity contribution >= 4 is 28.7 Å². The predicted molar refractivity (Wildman–Crippen MR) is 94.4 cm³/mol. The van der Waals surface area contributed by atoms with E-state index in [1.54, 1.807) is 36.4 Å². The van der Waals surface area contributed by atoms with Crippen LogP contribution in [0, 0.1) is 6.92 Å². The molecule has 3 aromatic rings. The van der Waals surface area contributed by atoms with Crippen LogP contribution in [0.2, 0.25) is 5.02 Å². The van der Waals surface area contributed by atoms with E-state index < -0.39 is 11.7 Å². The van der Waals surface area contributed by atoms with Gasteiger partial charge in [0.15, 0.2) is 0 Å². The van der Waals surface area contributed by atoms with Crippen LogP contribution < -0.4 is 0 Å². The highest BCUT2D eigenvalue weighted by atomic mass is 35.5. The molecule has 0 aliphatic heterocycles. The molecule has 0 radical (unpaired) electrons. The van der Waals surface area contributed by atoms with Gasteiger partial charge in [0.2, 0.25) is 5.78 Å². The van der Waals surface area contributed by atoms with Gasteiger partial charge in [0, 0.05) is 16.0 Å². The molecule has 0 fully saturated rings. The Hall–Kier alpha value is -2.11. The third-order valence-electron chi connectivity index (χ3n) is 3.68. The van der Waals surface area contributed by atoms with Crippen molar-refractivity contribution in [1.82, 2.24) is 0 Å². The molecule has 0 saturated heterocycles. The zero-order valence-electron chi connectivity index (χ0n) is 13.0. The van der Waals surface area contributed by atoms with E-state index in [9.17, 15) is 18.0 Å². The van der Waals surface area contributed by atoms with Gasteiger partial charge in [-0.25, -0.2) is 0 Å². The van der Waals surface area contributed by atoms with E-state index in [2.05, 4.69) is 0 Å². The molecule has 0 aliphatic carbocycles. The SMILES string of the molecule is Cc1cc(-c2cccc(C(F)(F)F)c2)c(C(=O)c2ccccc2Cl)s1. The van der Waals surface area contributed by atoms with Crippen molar-refractivity contribution in [2.75, 3.05) is 0 Å². The van der Waals surface area contributed by atoms with Gasteiger partial charge < -0.3 is 0 Å². The number of alkyl halides is 3. The van der Waals surface area contributed by atoms with Gasteiger partial charge in [-0.2, -0.15) is 13.2 Å². The first-order chi connectivity index (χ1) is 11.8. The number of rotatable bonds is 3. The Labute approximate surface area is 151 Å². The van der Waals surface area contributed by atoms with E-state index in [4.69, 9.17) is 11.6 Å². The number of halogens is 4. The first-order valence-corrected chi connectivity index (χ1v) is 8.54. The maximum Gasteiger partial charge on any atom is 0.416 e. The van der Waals surface area contributed by atoms with E-state index in [0.717, 1.165) is 17.0 Å². The summed E-state index contributed by atoms with van der Waals surface area (Å²) < 4.78 is 39.0. The van der Waals surface area contributed by atoms with Crippen LogP contribution in [-0.4, -0.2) is 5.78 Å². The predicted octanol–water partition coefficient (Wildman–Crippen LogP) is 6.63. The lowest BCUT2D eigenvalue weighted by atomic mass is 9.99. The second-order valence-corrected chi connectivity index (χ2v) is 7.15. The summed E-state index contributed by atoms with van der Waals surface area (Å²) in [5.74, 6) is -0.295. The fraction of sp³-hybridized carbons (Fsp3) is 0.105. The molecule has 1 heterocycles. The second-order valence-electron chi connectivity index (χ2n) is 5.49. The normalized spacial score (nSPS) is 11.6. The Balaban J connectivity index is 2.12. The molecule has 3 rings (SSSR count). The van der Waals surface area contributed by atoms with E-state index in [1.807, 2.05) is 6.92 Å². The molecular weight excluding hydrogens is 369 g/mol. The molecule has 1 nitrogen and oxygen atoms in total. The summed E-state index contributed by atoms with van der Waals surface area (Å²) >= 11 is 7.34. The van der Waals surface area contributed by atoms with Crippen molar-refractivity contribution < 1.29 is 18.0 Å². The third kappa shape index (κ3) is 3.62. The molecular formula is C19H12ClF3OS. The summed E-state index contributed by atoms with van der Waals surface area (Å²) in [5.41, 5.74) is 0.428. The second kappa shape index (κ2) is 6.65. The summed E-state index contributed by atoms with van der Waals surface area (Å²) in [7, 11) is 0. The largest absolute Gasteiger partial charge is 0.416 e. The first kappa shape index (κ1) is 17.7.